The molecular formula is C12H14BrNO2. The van der Waals surface area contributed by atoms with E-state index >= 15 is 0 Å². The Balaban J connectivity index is 2.12. The van der Waals surface area contributed by atoms with Crippen molar-refractivity contribution < 1.29 is 9.53 Å². The average Bonchev–Trinajstić information content (AvgIpc) is 2.28. The molecule has 1 aromatic rings. The number of esters is 1. The van der Waals surface area contributed by atoms with Crippen molar-refractivity contribution in [2.24, 2.45) is 0 Å². The van der Waals surface area contributed by atoms with E-state index in [2.05, 4.69) is 33.4 Å². The van der Waals surface area contributed by atoms with E-state index in [1.54, 1.807) is 0 Å². The maximum absolute atomic E-state index is 11.6. The first-order valence-corrected chi connectivity index (χ1v) is 6.17. The first-order chi connectivity index (χ1) is 7.70. The third kappa shape index (κ3) is 2.44. The lowest BCUT2D eigenvalue weighted by atomic mass is 9.96. The number of nitrogens with one attached hydrogen (secondary N) is 1. The summed E-state index contributed by atoms with van der Waals surface area (Å²) in [5.74, 6) is -0.156. The highest BCUT2D eigenvalue weighted by Gasteiger charge is 2.24. The fourth-order valence-electron chi connectivity index (χ4n) is 1.89. The SMILES string of the molecule is CCOC(=O)[C@H]1Cc2ccc(Br)cc2CN1. The van der Waals surface area contributed by atoms with Crippen LogP contribution in [0.5, 0.6) is 0 Å². The monoisotopic (exact) mass is 283 g/mol. The molecule has 0 spiro atoms. The largest absolute Gasteiger partial charge is 0.465 e. The quantitative estimate of drug-likeness (QED) is 0.844. The van der Waals surface area contributed by atoms with Crippen LogP contribution < -0.4 is 5.32 Å². The Morgan fingerprint density at radius 3 is 3.12 bits per heavy atom. The van der Waals surface area contributed by atoms with Gasteiger partial charge in [0.2, 0.25) is 0 Å². The highest BCUT2D eigenvalue weighted by atomic mass is 79.9. The van der Waals surface area contributed by atoms with E-state index in [0.29, 0.717) is 13.0 Å². The lowest BCUT2D eigenvalue weighted by Crippen LogP contribution is -2.42. The smallest absolute Gasteiger partial charge is 0.323 e. The number of rotatable bonds is 2. The summed E-state index contributed by atoms with van der Waals surface area (Å²) in [6.45, 7) is 2.98. The van der Waals surface area contributed by atoms with Gasteiger partial charge in [-0.15, -0.1) is 0 Å². The highest BCUT2D eigenvalue weighted by molar-refractivity contribution is 9.10. The summed E-state index contributed by atoms with van der Waals surface area (Å²) in [7, 11) is 0. The molecule has 0 fully saturated rings. The van der Waals surface area contributed by atoms with Crippen molar-refractivity contribution in [3.8, 4) is 0 Å². The van der Waals surface area contributed by atoms with Crippen molar-refractivity contribution in [3.63, 3.8) is 0 Å². The van der Waals surface area contributed by atoms with Crippen molar-refractivity contribution in [1.82, 2.24) is 5.32 Å². The third-order valence-corrected chi connectivity index (χ3v) is 3.20. The van der Waals surface area contributed by atoms with Crippen molar-refractivity contribution >= 4 is 21.9 Å². The topological polar surface area (TPSA) is 38.3 Å². The number of hydrogen-bond donors (Lipinski definition) is 1. The molecule has 0 amide bonds. The van der Waals surface area contributed by atoms with E-state index in [1.807, 2.05) is 13.0 Å². The van der Waals surface area contributed by atoms with Crippen molar-refractivity contribution in [2.75, 3.05) is 6.61 Å². The standard InChI is InChI=1S/C12H14BrNO2/c1-2-16-12(15)11-6-8-3-4-10(13)5-9(8)7-14-11/h3-5,11,14H,2,6-7H2,1H3/t11-/m1/s1. The molecule has 0 aromatic heterocycles. The molecule has 0 bridgehead atoms. The average molecular weight is 284 g/mol. The van der Waals surface area contributed by atoms with Gasteiger partial charge in [0.25, 0.3) is 0 Å². The molecule has 0 unspecified atom stereocenters. The van der Waals surface area contributed by atoms with Gasteiger partial charge in [0.05, 0.1) is 6.61 Å². The number of halogens is 1. The van der Waals surface area contributed by atoms with Crippen LogP contribution in [0.4, 0.5) is 0 Å². The van der Waals surface area contributed by atoms with Crippen LogP contribution in [-0.2, 0) is 22.5 Å². The van der Waals surface area contributed by atoms with Crippen LogP contribution in [0.1, 0.15) is 18.1 Å². The Kier molecular flexibility index (Phi) is 3.61. The zero-order valence-electron chi connectivity index (χ0n) is 9.13. The number of hydrogen-bond acceptors (Lipinski definition) is 3. The minimum Gasteiger partial charge on any atom is -0.465 e. The van der Waals surface area contributed by atoms with Crippen LogP contribution in [0, 0.1) is 0 Å². The number of ether oxygens (including phenoxy) is 1. The fraction of sp³-hybridized carbons (Fsp3) is 0.417. The minimum atomic E-state index is -0.200. The number of fused-ring (bicyclic) bond motifs is 1. The van der Waals surface area contributed by atoms with E-state index < -0.39 is 0 Å². The fourth-order valence-corrected chi connectivity index (χ4v) is 2.30. The van der Waals surface area contributed by atoms with Gasteiger partial charge >= 0.3 is 5.97 Å². The molecule has 86 valence electrons. The van der Waals surface area contributed by atoms with Gasteiger partial charge in [-0.3, -0.25) is 4.79 Å². The molecule has 1 atom stereocenters. The summed E-state index contributed by atoms with van der Waals surface area (Å²) in [4.78, 5) is 11.6. The summed E-state index contributed by atoms with van der Waals surface area (Å²) in [5, 5.41) is 3.19. The highest BCUT2D eigenvalue weighted by Crippen LogP contribution is 2.21. The van der Waals surface area contributed by atoms with Gasteiger partial charge in [-0.05, 0) is 36.6 Å². The van der Waals surface area contributed by atoms with E-state index in [4.69, 9.17) is 4.74 Å². The van der Waals surface area contributed by atoms with Crippen LogP contribution in [0.25, 0.3) is 0 Å². The number of carbonyl (C=O) groups is 1. The molecule has 3 nitrogen and oxygen atoms in total. The molecule has 1 heterocycles. The molecule has 1 aliphatic heterocycles. The molecule has 1 aliphatic rings. The van der Waals surface area contributed by atoms with Crippen LogP contribution in [0.2, 0.25) is 0 Å². The number of carbonyl (C=O) groups excluding carboxylic acids is 1. The van der Waals surface area contributed by atoms with Crippen molar-refractivity contribution in [2.45, 2.75) is 25.9 Å². The maximum Gasteiger partial charge on any atom is 0.323 e. The maximum atomic E-state index is 11.6. The lowest BCUT2D eigenvalue weighted by molar-refractivity contribution is -0.145. The summed E-state index contributed by atoms with van der Waals surface area (Å²) in [5.41, 5.74) is 2.47. The third-order valence-electron chi connectivity index (χ3n) is 2.70. The Morgan fingerprint density at radius 2 is 2.38 bits per heavy atom. The second kappa shape index (κ2) is 4.97. The normalized spacial score (nSPS) is 19.0. The summed E-state index contributed by atoms with van der Waals surface area (Å²) >= 11 is 3.44. The Labute approximate surface area is 103 Å². The molecular weight excluding hydrogens is 270 g/mol. The molecule has 0 aliphatic carbocycles. The summed E-state index contributed by atoms with van der Waals surface area (Å²) in [6, 6.07) is 5.95. The van der Waals surface area contributed by atoms with E-state index in [-0.39, 0.29) is 12.0 Å². The van der Waals surface area contributed by atoms with Gasteiger partial charge < -0.3 is 10.1 Å². The number of benzene rings is 1. The molecule has 1 aromatic carbocycles. The Hall–Kier alpha value is -0.870. The predicted octanol–water partition coefficient (Wildman–Crippen LogP) is 2.03. The summed E-state index contributed by atoms with van der Waals surface area (Å²) < 4.78 is 6.08. The van der Waals surface area contributed by atoms with E-state index in [0.717, 1.165) is 11.0 Å². The van der Waals surface area contributed by atoms with Crippen molar-refractivity contribution in [1.29, 1.82) is 0 Å². The first kappa shape index (κ1) is 11.6. The Morgan fingerprint density at radius 1 is 1.56 bits per heavy atom. The molecule has 16 heavy (non-hydrogen) atoms. The van der Waals surface area contributed by atoms with Crippen LogP contribution in [0.3, 0.4) is 0 Å². The molecule has 0 saturated carbocycles. The molecule has 0 radical (unpaired) electrons. The van der Waals surface area contributed by atoms with Crippen LogP contribution in [0.15, 0.2) is 22.7 Å². The minimum absolute atomic E-state index is 0.156. The van der Waals surface area contributed by atoms with Gasteiger partial charge in [-0.25, -0.2) is 0 Å². The van der Waals surface area contributed by atoms with Crippen LogP contribution in [-0.4, -0.2) is 18.6 Å². The molecule has 1 N–H and O–H groups in total. The Bertz CT molecular complexity index is 406. The lowest BCUT2D eigenvalue weighted by Gasteiger charge is -2.24. The predicted molar refractivity (Wildman–Crippen MR) is 65.1 cm³/mol. The zero-order chi connectivity index (χ0) is 11.5. The second-order valence-corrected chi connectivity index (χ2v) is 4.72. The van der Waals surface area contributed by atoms with E-state index in [9.17, 15) is 4.79 Å². The zero-order valence-corrected chi connectivity index (χ0v) is 10.7. The van der Waals surface area contributed by atoms with E-state index in [1.165, 1.54) is 11.1 Å². The molecule has 4 heteroatoms. The van der Waals surface area contributed by atoms with Gasteiger partial charge in [0.15, 0.2) is 0 Å². The molecule has 2 rings (SSSR count). The van der Waals surface area contributed by atoms with Gasteiger partial charge in [0.1, 0.15) is 6.04 Å². The van der Waals surface area contributed by atoms with Gasteiger partial charge in [-0.2, -0.15) is 0 Å². The van der Waals surface area contributed by atoms with Crippen LogP contribution >= 0.6 is 15.9 Å². The summed E-state index contributed by atoms with van der Waals surface area (Å²) in [6.07, 6.45) is 0.710. The molecule has 0 saturated heterocycles. The first-order valence-electron chi connectivity index (χ1n) is 5.38. The van der Waals surface area contributed by atoms with Crippen molar-refractivity contribution in [3.05, 3.63) is 33.8 Å². The van der Waals surface area contributed by atoms with Gasteiger partial charge in [0, 0.05) is 11.0 Å². The second-order valence-electron chi connectivity index (χ2n) is 3.80. The van der Waals surface area contributed by atoms with Gasteiger partial charge in [-0.1, -0.05) is 22.0 Å².